The van der Waals surface area contributed by atoms with E-state index in [2.05, 4.69) is 15.9 Å². The zero-order chi connectivity index (χ0) is 27.5. The highest BCUT2D eigenvalue weighted by Crippen LogP contribution is 2.33. The van der Waals surface area contributed by atoms with Crippen LogP contribution in [-0.4, -0.2) is 92.5 Å². The maximum Gasteiger partial charge on any atom is 0.253 e. The number of nitrogens with zero attached hydrogens (tertiary/aromatic N) is 4. The van der Waals surface area contributed by atoms with Crippen LogP contribution >= 0.6 is 0 Å². The van der Waals surface area contributed by atoms with Crippen LogP contribution in [0.25, 0.3) is 0 Å². The molecule has 0 bridgehead atoms. The van der Waals surface area contributed by atoms with Gasteiger partial charge in [-0.05, 0) is 47.5 Å². The van der Waals surface area contributed by atoms with Gasteiger partial charge in [0.1, 0.15) is 0 Å². The zero-order valence-corrected chi connectivity index (χ0v) is 23.3. The van der Waals surface area contributed by atoms with E-state index in [0.29, 0.717) is 49.7 Å². The molecule has 0 aliphatic carbocycles. The molecule has 3 aliphatic rings. The molecular weight excluding hydrogens is 528 g/mol. The molecule has 3 aliphatic heterocycles. The molecule has 0 atom stereocenters. The molecule has 0 unspecified atom stereocenters. The van der Waals surface area contributed by atoms with Crippen LogP contribution in [0.4, 0.5) is 0 Å². The number of amides is 1. The van der Waals surface area contributed by atoms with E-state index >= 15 is 0 Å². The van der Waals surface area contributed by atoms with E-state index in [9.17, 15) is 13.2 Å². The fourth-order valence-corrected chi connectivity index (χ4v) is 6.91. The molecule has 3 heterocycles. The van der Waals surface area contributed by atoms with Crippen LogP contribution in [0.15, 0.2) is 77.7 Å². The van der Waals surface area contributed by atoms with Crippen molar-refractivity contribution < 1.29 is 22.7 Å². The second-order valence-corrected chi connectivity index (χ2v) is 12.4. The molecule has 0 radical (unpaired) electrons. The topological polar surface area (TPSA) is 82.6 Å². The quantitative estimate of drug-likeness (QED) is 0.438. The van der Waals surface area contributed by atoms with Gasteiger partial charge in [0.25, 0.3) is 5.91 Å². The van der Waals surface area contributed by atoms with Gasteiger partial charge < -0.3 is 14.4 Å². The highest BCUT2D eigenvalue weighted by Gasteiger charge is 2.28. The Morgan fingerprint density at radius 3 is 1.98 bits per heavy atom. The SMILES string of the molecule is O=C(c1ccc(CN2CCN(S(=O)(=O)c3ccccc3)CC2)cc1)N1CCN(Cc2ccc3c(c2)OCO3)CC1. The average molecular weight is 563 g/mol. The van der Waals surface area contributed by atoms with Crippen molar-refractivity contribution in [2.75, 3.05) is 59.2 Å². The lowest BCUT2D eigenvalue weighted by atomic mass is 10.1. The van der Waals surface area contributed by atoms with Crippen molar-refractivity contribution in [3.05, 3.63) is 89.5 Å². The summed E-state index contributed by atoms with van der Waals surface area (Å²) in [5.74, 6) is 1.66. The van der Waals surface area contributed by atoms with Crippen molar-refractivity contribution in [2.24, 2.45) is 0 Å². The summed E-state index contributed by atoms with van der Waals surface area (Å²) in [5, 5.41) is 0. The Balaban J connectivity index is 0.967. The lowest BCUT2D eigenvalue weighted by Gasteiger charge is -2.35. The lowest BCUT2D eigenvalue weighted by molar-refractivity contribution is 0.0628. The highest BCUT2D eigenvalue weighted by atomic mass is 32.2. The molecule has 210 valence electrons. The summed E-state index contributed by atoms with van der Waals surface area (Å²) < 4.78 is 38.2. The number of fused-ring (bicyclic) bond motifs is 1. The monoisotopic (exact) mass is 562 g/mol. The van der Waals surface area contributed by atoms with Crippen LogP contribution in [0.5, 0.6) is 11.5 Å². The van der Waals surface area contributed by atoms with Gasteiger partial charge in [0, 0.05) is 71.0 Å². The number of piperazine rings is 2. The Kier molecular flexibility index (Phi) is 7.75. The fourth-order valence-electron chi connectivity index (χ4n) is 5.47. The van der Waals surface area contributed by atoms with Gasteiger partial charge in [0.15, 0.2) is 11.5 Å². The van der Waals surface area contributed by atoms with Crippen molar-refractivity contribution in [2.45, 2.75) is 18.0 Å². The zero-order valence-electron chi connectivity index (χ0n) is 22.4. The number of carbonyl (C=O) groups is 1. The van der Waals surface area contributed by atoms with Gasteiger partial charge in [-0.15, -0.1) is 0 Å². The van der Waals surface area contributed by atoms with E-state index in [1.807, 2.05) is 47.4 Å². The van der Waals surface area contributed by atoms with E-state index in [4.69, 9.17) is 9.47 Å². The molecule has 6 rings (SSSR count). The fraction of sp³-hybridized carbons (Fsp3) is 0.367. The minimum atomic E-state index is -3.45. The van der Waals surface area contributed by atoms with Gasteiger partial charge >= 0.3 is 0 Å². The third kappa shape index (κ3) is 5.85. The first-order valence-electron chi connectivity index (χ1n) is 13.7. The van der Waals surface area contributed by atoms with Crippen LogP contribution in [0.2, 0.25) is 0 Å². The second kappa shape index (κ2) is 11.6. The summed E-state index contributed by atoms with van der Waals surface area (Å²) in [5.41, 5.74) is 3.00. The van der Waals surface area contributed by atoms with Gasteiger partial charge in [-0.25, -0.2) is 8.42 Å². The van der Waals surface area contributed by atoms with E-state index in [-0.39, 0.29) is 12.7 Å². The van der Waals surface area contributed by atoms with Gasteiger partial charge in [0.2, 0.25) is 16.8 Å². The number of hydrogen-bond acceptors (Lipinski definition) is 7. The average Bonchev–Trinajstić information content (AvgIpc) is 3.46. The Bertz CT molecular complexity index is 1430. The van der Waals surface area contributed by atoms with E-state index < -0.39 is 10.0 Å². The maximum absolute atomic E-state index is 13.1. The molecule has 3 aromatic rings. The summed E-state index contributed by atoms with van der Waals surface area (Å²) in [6.45, 7) is 7.14. The van der Waals surface area contributed by atoms with Crippen LogP contribution in [-0.2, 0) is 23.1 Å². The van der Waals surface area contributed by atoms with Crippen molar-refractivity contribution in [3.63, 3.8) is 0 Å². The minimum Gasteiger partial charge on any atom is -0.454 e. The van der Waals surface area contributed by atoms with Crippen molar-refractivity contribution >= 4 is 15.9 Å². The predicted octanol–water partition coefficient (Wildman–Crippen LogP) is 2.88. The van der Waals surface area contributed by atoms with Crippen LogP contribution in [0, 0.1) is 0 Å². The second-order valence-electron chi connectivity index (χ2n) is 10.4. The number of hydrogen-bond donors (Lipinski definition) is 0. The summed E-state index contributed by atoms with van der Waals surface area (Å²) >= 11 is 0. The molecular formula is C30H34N4O5S. The van der Waals surface area contributed by atoms with Crippen molar-refractivity contribution in [3.8, 4) is 11.5 Å². The Hall–Kier alpha value is -3.44. The number of ether oxygens (including phenoxy) is 2. The molecule has 0 saturated carbocycles. The summed E-state index contributed by atoms with van der Waals surface area (Å²) in [6.07, 6.45) is 0. The standard InChI is InChI=1S/C30H34N4O5S/c35-30(33-16-12-31(13-17-33)22-25-8-11-28-29(20-25)39-23-38-28)26-9-6-24(7-10-26)21-32-14-18-34(19-15-32)40(36,37)27-4-2-1-3-5-27/h1-11,20H,12-19,21-23H2. The molecule has 0 spiro atoms. The summed E-state index contributed by atoms with van der Waals surface area (Å²) in [7, 11) is -3.45. The number of benzene rings is 3. The molecule has 2 fully saturated rings. The maximum atomic E-state index is 13.1. The normalized spacial score (nSPS) is 18.6. The van der Waals surface area contributed by atoms with Gasteiger partial charge in [-0.1, -0.05) is 36.4 Å². The van der Waals surface area contributed by atoms with Gasteiger partial charge in [-0.3, -0.25) is 14.6 Å². The first-order chi connectivity index (χ1) is 19.5. The third-order valence-corrected chi connectivity index (χ3v) is 9.73. The highest BCUT2D eigenvalue weighted by molar-refractivity contribution is 7.89. The number of rotatable bonds is 7. The van der Waals surface area contributed by atoms with Crippen LogP contribution in [0.3, 0.4) is 0 Å². The predicted molar refractivity (Wildman–Crippen MR) is 151 cm³/mol. The van der Waals surface area contributed by atoms with Gasteiger partial charge in [0.05, 0.1) is 4.90 Å². The van der Waals surface area contributed by atoms with Crippen molar-refractivity contribution in [1.29, 1.82) is 0 Å². The summed E-state index contributed by atoms with van der Waals surface area (Å²) in [6, 6.07) is 22.5. The molecule has 2 saturated heterocycles. The molecule has 9 nitrogen and oxygen atoms in total. The first kappa shape index (κ1) is 26.8. The van der Waals surface area contributed by atoms with Crippen LogP contribution < -0.4 is 9.47 Å². The summed E-state index contributed by atoms with van der Waals surface area (Å²) in [4.78, 5) is 20.0. The van der Waals surface area contributed by atoms with Crippen LogP contribution in [0.1, 0.15) is 21.5 Å². The van der Waals surface area contributed by atoms with Gasteiger partial charge in [-0.2, -0.15) is 4.31 Å². The molecule has 40 heavy (non-hydrogen) atoms. The first-order valence-corrected chi connectivity index (χ1v) is 15.2. The van der Waals surface area contributed by atoms with E-state index in [0.717, 1.165) is 43.2 Å². The largest absolute Gasteiger partial charge is 0.454 e. The Labute approximate surface area is 235 Å². The lowest BCUT2D eigenvalue weighted by Crippen LogP contribution is -2.48. The number of carbonyl (C=O) groups excluding carboxylic acids is 1. The minimum absolute atomic E-state index is 0.0639. The molecule has 0 N–H and O–H groups in total. The smallest absolute Gasteiger partial charge is 0.253 e. The molecule has 0 aromatic heterocycles. The molecule has 1 amide bonds. The van der Waals surface area contributed by atoms with E-state index in [1.54, 1.807) is 28.6 Å². The third-order valence-electron chi connectivity index (χ3n) is 7.82. The Morgan fingerprint density at radius 2 is 1.27 bits per heavy atom. The Morgan fingerprint density at radius 1 is 0.675 bits per heavy atom. The van der Waals surface area contributed by atoms with Crippen molar-refractivity contribution in [1.82, 2.24) is 19.0 Å². The molecule has 3 aromatic carbocycles. The van der Waals surface area contributed by atoms with E-state index in [1.165, 1.54) is 5.56 Å². The molecule has 10 heteroatoms. The number of sulfonamides is 1.